The average molecular weight is 272 g/mol. The van der Waals surface area contributed by atoms with Gasteiger partial charge in [-0.1, -0.05) is 0 Å². The summed E-state index contributed by atoms with van der Waals surface area (Å²) in [6.45, 7) is -0.0392. The average Bonchev–Trinajstić information content (AvgIpc) is 2.69. The molecule has 1 saturated heterocycles. The number of pyridine rings is 1. The third-order valence-corrected chi connectivity index (χ3v) is 3.61. The van der Waals surface area contributed by atoms with Gasteiger partial charge in [0.1, 0.15) is 0 Å². The molecule has 1 aromatic rings. The highest BCUT2D eigenvalue weighted by atomic mass is 19.4. The van der Waals surface area contributed by atoms with Crippen molar-refractivity contribution in [3.63, 3.8) is 0 Å². The monoisotopic (exact) mass is 272 g/mol. The number of alkyl halides is 3. The van der Waals surface area contributed by atoms with Crippen LogP contribution in [0.4, 0.5) is 29.5 Å². The Morgan fingerprint density at radius 2 is 2.16 bits per heavy atom. The van der Waals surface area contributed by atoms with E-state index in [1.165, 1.54) is 6.20 Å². The first-order valence-corrected chi connectivity index (χ1v) is 5.75. The Balaban J connectivity index is 2.10. The van der Waals surface area contributed by atoms with Crippen molar-refractivity contribution in [3.05, 3.63) is 18.3 Å². The smallest absolute Gasteiger partial charge is 0.366 e. The molecule has 2 bridgehead atoms. The van der Waals surface area contributed by atoms with Crippen LogP contribution in [-0.2, 0) is 0 Å². The molecule has 0 radical (unpaired) electrons. The predicted octanol–water partition coefficient (Wildman–Crippen LogP) is 1.35. The van der Waals surface area contributed by atoms with E-state index in [1.54, 1.807) is 17.0 Å². The number of anilines is 2. The Bertz CT molecular complexity index is 533. The number of urea groups is 1. The fourth-order valence-corrected chi connectivity index (χ4v) is 2.81. The highest BCUT2D eigenvalue weighted by Crippen LogP contribution is 2.45. The molecule has 2 aliphatic heterocycles. The van der Waals surface area contributed by atoms with Gasteiger partial charge in [-0.25, -0.2) is 9.78 Å². The number of halogens is 3. The van der Waals surface area contributed by atoms with Crippen molar-refractivity contribution in [1.82, 2.24) is 4.98 Å². The lowest BCUT2D eigenvalue weighted by Crippen LogP contribution is -2.52. The molecule has 2 unspecified atom stereocenters. The van der Waals surface area contributed by atoms with E-state index in [2.05, 4.69) is 4.98 Å². The van der Waals surface area contributed by atoms with Crippen molar-refractivity contribution in [2.75, 3.05) is 22.9 Å². The zero-order valence-corrected chi connectivity index (χ0v) is 9.76. The van der Waals surface area contributed by atoms with Crippen molar-refractivity contribution in [2.24, 2.45) is 11.7 Å². The zero-order valence-electron chi connectivity index (χ0n) is 9.76. The summed E-state index contributed by atoms with van der Waals surface area (Å²) in [5.74, 6) is -1.40. The van der Waals surface area contributed by atoms with Crippen LogP contribution < -0.4 is 15.5 Å². The Morgan fingerprint density at radius 1 is 1.42 bits per heavy atom. The first-order valence-electron chi connectivity index (χ1n) is 5.75. The van der Waals surface area contributed by atoms with Gasteiger partial charge in [-0.3, -0.25) is 4.90 Å². The van der Waals surface area contributed by atoms with Crippen LogP contribution in [0.2, 0.25) is 0 Å². The third kappa shape index (κ3) is 1.70. The summed E-state index contributed by atoms with van der Waals surface area (Å²) in [5, 5.41) is 0. The number of fused-ring (bicyclic) bond motifs is 4. The Labute approximate surface area is 106 Å². The lowest BCUT2D eigenvalue weighted by Gasteiger charge is -2.35. The molecular formula is C11H11F3N4O. The minimum absolute atomic E-state index is 0.131. The fraction of sp³-hybridized carbons (Fsp3) is 0.455. The quantitative estimate of drug-likeness (QED) is 0.775. The van der Waals surface area contributed by atoms with Crippen LogP contribution in [0, 0.1) is 5.92 Å². The summed E-state index contributed by atoms with van der Waals surface area (Å²) in [6, 6.07) is 1.37. The van der Waals surface area contributed by atoms with Gasteiger partial charge in [0.15, 0.2) is 5.82 Å². The van der Waals surface area contributed by atoms with E-state index in [-0.39, 0.29) is 18.9 Å². The third-order valence-electron chi connectivity index (χ3n) is 3.61. The van der Waals surface area contributed by atoms with E-state index in [0.717, 1.165) is 4.90 Å². The first-order chi connectivity index (χ1) is 8.89. The number of primary amides is 1. The number of hydrogen-bond acceptors (Lipinski definition) is 3. The van der Waals surface area contributed by atoms with Crippen LogP contribution in [0.1, 0.15) is 0 Å². The van der Waals surface area contributed by atoms with Gasteiger partial charge in [0.25, 0.3) is 0 Å². The van der Waals surface area contributed by atoms with E-state index >= 15 is 0 Å². The maximum absolute atomic E-state index is 13.0. The normalized spacial score (nSPS) is 25.4. The van der Waals surface area contributed by atoms with Crippen molar-refractivity contribution < 1.29 is 18.0 Å². The van der Waals surface area contributed by atoms with Gasteiger partial charge in [-0.05, 0) is 12.1 Å². The van der Waals surface area contributed by atoms with Crippen molar-refractivity contribution >= 4 is 17.5 Å². The van der Waals surface area contributed by atoms with Gasteiger partial charge in [0.05, 0.1) is 17.6 Å². The molecule has 102 valence electrons. The minimum Gasteiger partial charge on any atom is -0.366 e. The molecule has 0 aromatic carbocycles. The predicted molar refractivity (Wildman–Crippen MR) is 61.8 cm³/mol. The Hall–Kier alpha value is -1.99. The lowest BCUT2D eigenvalue weighted by atomic mass is 10.0. The molecule has 3 rings (SSSR count). The van der Waals surface area contributed by atoms with Crippen LogP contribution in [0.5, 0.6) is 0 Å². The van der Waals surface area contributed by atoms with Crippen LogP contribution in [0.3, 0.4) is 0 Å². The molecule has 0 aliphatic carbocycles. The van der Waals surface area contributed by atoms with Crippen LogP contribution in [0.25, 0.3) is 0 Å². The highest BCUT2D eigenvalue weighted by molar-refractivity contribution is 5.95. The number of aromatic nitrogens is 1. The molecule has 1 aromatic heterocycles. The van der Waals surface area contributed by atoms with E-state index in [1.807, 2.05) is 0 Å². The van der Waals surface area contributed by atoms with Gasteiger partial charge in [0, 0.05) is 19.3 Å². The summed E-state index contributed by atoms with van der Waals surface area (Å²) in [5.41, 5.74) is 5.75. The van der Waals surface area contributed by atoms with E-state index in [0.29, 0.717) is 5.69 Å². The van der Waals surface area contributed by atoms with Crippen molar-refractivity contribution in [3.8, 4) is 0 Å². The number of amides is 2. The summed E-state index contributed by atoms with van der Waals surface area (Å²) in [7, 11) is 0. The topological polar surface area (TPSA) is 62.5 Å². The molecular weight excluding hydrogens is 261 g/mol. The molecule has 2 N–H and O–H groups in total. The number of rotatable bonds is 0. The molecule has 5 nitrogen and oxygen atoms in total. The molecule has 8 heteroatoms. The second-order valence-electron chi connectivity index (χ2n) is 4.67. The van der Waals surface area contributed by atoms with Gasteiger partial charge >= 0.3 is 12.2 Å². The van der Waals surface area contributed by atoms with Gasteiger partial charge in [0.2, 0.25) is 0 Å². The van der Waals surface area contributed by atoms with Crippen LogP contribution >= 0.6 is 0 Å². The van der Waals surface area contributed by atoms with E-state index in [4.69, 9.17) is 5.73 Å². The first kappa shape index (κ1) is 12.1. The molecule has 2 atom stereocenters. The maximum Gasteiger partial charge on any atom is 0.395 e. The van der Waals surface area contributed by atoms with E-state index < -0.39 is 24.2 Å². The Morgan fingerprint density at radius 3 is 2.79 bits per heavy atom. The molecule has 1 fully saturated rings. The van der Waals surface area contributed by atoms with Gasteiger partial charge in [-0.15, -0.1) is 0 Å². The largest absolute Gasteiger partial charge is 0.395 e. The lowest BCUT2D eigenvalue weighted by molar-refractivity contribution is -0.171. The van der Waals surface area contributed by atoms with Crippen LogP contribution in [0.15, 0.2) is 18.3 Å². The second-order valence-corrected chi connectivity index (χ2v) is 4.67. The number of hydrogen-bond donors (Lipinski definition) is 1. The highest BCUT2D eigenvalue weighted by Gasteiger charge is 2.55. The SMILES string of the molecule is NC(=O)N1c2ncccc2N2CC1C(C(F)(F)F)C2. The second kappa shape index (κ2) is 3.75. The Kier molecular flexibility index (Phi) is 2.38. The summed E-state index contributed by atoms with van der Waals surface area (Å²) in [4.78, 5) is 18.1. The maximum atomic E-state index is 13.0. The fourth-order valence-electron chi connectivity index (χ4n) is 2.81. The number of nitrogens with zero attached hydrogens (tertiary/aromatic N) is 3. The van der Waals surface area contributed by atoms with Crippen molar-refractivity contribution in [2.45, 2.75) is 12.2 Å². The molecule has 19 heavy (non-hydrogen) atoms. The van der Waals surface area contributed by atoms with Crippen molar-refractivity contribution in [1.29, 1.82) is 0 Å². The summed E-state index contributed by atoms with van der Waals surface area (Å²) in [6.07, 6.45) is -2.93. The standard InChI is InChI=1S/C11H11F3N4O/c12-11(13,14)6-4-17-5-8(6)18(10(15)19)9-7(17)2-1-3-16-9/h1-3,6,8H,4-5H2,(H2,15,19). The van der Waals surface area contributed by atoms with E-state index in [9.17, 15) is 18.0 Å². The molecule has 0 saturated carbocycles. The molecule has 3 heterocycles. The molecule has 2 aliphatic rings. The van der Waals surface area contributed by atoms with Gasteiger partial charge < -0.3 is 10.6 Å². The van der Waals surface area contributed by atoms with Gasteiger partial charge in [-0.2, -0.15) is 13.2 Å². The summed E-state index contributed by atoms with van der Waals surface area (Å²) >= 11 is 0. The van der Waals surface area contributed by atoms with Crippen LogP contribution in [-0.4, -0.2) is 36.3 Å². The number of carbonyl (C=O) groups is 1. The zero-order chi connectivity index (χ0) is 13.8. The summed E-state index contributed by atoms with van der Waals surface area (Å²) < 4.78 is 39.1. The number of carbonyl (C=O) groups excluding carboxylic acids is 1. The molecule has 2 amide bonds. The number of nitrogens with two attached hydrogens (primary N) is 1. The molecule has 0 spiro atoms. The minimum atomic E-state index is -4.37.